The van der Waals surface area contributed by atoms with Crippen molar-refractivity contribution in [3.05, 3.63) is 10.3 Å². The predicted molar refractivity (Wildman–Crippen MR) is 71.1 cm³/mol. The molecule has 0 radical (unpaired) electrons. The van der Waals surface area contributed by atoms with Gasteiger partial charge in [-0.2, -0.15) is 9.90 Å². The Kier molecular flexibility index (Phi) is 4.05. The molecule has 18 heavy (non-hydrogen) atoms. The number of amides is 1. The molecule has 0 saturated heterocycles. The number of carbonyl (C=O) groups is 1. The molecule has 0 bridgehead atoms. The zero-order chi connectivity index (χ0) is 14.1. The quantitative estimate of drug-likeness (QED) is 0.908. The molecule has 7 heteroatoms. The van der Waals surface area contributed by atoms with Gasteiger partial charge in [0, 0.05) is 7.05 Å². The van der Waals surface area contributed by atoms with Crippen LogP contribution in [-0.4, -0.2) is 26.7 Å². The maximum Gasteiger partial charge on any atom is 0.408 e. The Hall–Kier alpha value is -1.11. The van der Waals surface area contributed by atoms with E-state index < -0.39 is 17.2 Å². The molecule has 1 rings (SSSR count). The van der Waals surface area contributed by atoms with Gasteiger partial charge in [0.2, 0.25) is 0 Å². The van der Waals surface area contributed by atoms with Gasteiger partial charge >= 0.3 is 6.09 Å². The van der Waals surface area contributed by atoms with Gasteiger partial charge in [0.25, 0.3) is 0 Å². The summed E-state index contributed by atoms with van der Waals surface area (Å²) >= 11 is 3.32. The lowest BCUT2D eigenvalue weighted by Gasteiger charge is -2.27. The van der Waals surface area contributed by atoms with Crippen molar-refractivity contribution in [2.24, 2.45) is 7.05 Å². The molecular weight excluding hydrogens is 300 g/mol. The van der Waals surface area contributed by atoms with Crippen LogP contribution in [0.2, 0.25) is 0 Å². The van der Waals surface area contributed by atoms with Crippen LogP contribution in [0.1, 0.15) is 40.3 Å². The number of hydrogen-bond donors (Lipinski definition) is 1. The second-order valence-corrected chi connectivity index (χ2v) is 6.33. The number of nitrogens with one attached hydrogen (secondary N) is 1. The van der Waals surface area contributed by atoms with E-state index in [4.69, 9.17) is 4.74 Å². The highest BCUT2D eigenvalue weighted by Gasteiger charge is 2.31. The van der Waals surface area contributed by atoms with Crippen LogP contribution in [0.25, 0.3) is 0 Å². The molecule has 6 nitrogen and oxygen atoms in total. The zero-order valence-corrected chi connectivity index (χ0v) is 13.1. The Bertz CT molecular complexity index is 448. The molecule has 1 aromatic heterocycles. The number of nitrogens with zero attached hydrogens (tertiary/aromatic N) is 3. The van der Waals surface area contributed by atoms with Crippen LogP contribution in [-0.2, 0) is 17.3 Å². The van der Waals surface area contributed by atoms with Crippen LogP contribution >= 0.6 is 15.9 Å². The highest BCUT2D eigenvalue weighted by molar-refractivity contribution is 9.10. The molecule has 0 atom stereocenters. The molecule has 0 spiro atoms. The van der Waals surface area contributed by atoms with Crippen molar-refractivity contribution in [1.29, 1.82) is 0 Å². The van der Waals surface area contributed by atoms with E-state index in [0.29, 0.717) is 10.3 Å². The number of ether oxygens (including phenoxy) is 1. The lowest BCUT2D eigenvalue weighted by Crippen LogP contribution is -2.44. The molecule has 0 aromatic carbocycles. The second-order valence-electron chi connectivity index (χ2n) is 5.58. The Morgan fingerprint density at radius 1 is 1.28 bits per heavy atom. The summed E-state index contributed by atoms with van der Waals surface area (Å²) in [5, 5.41) is 11.1. The van der Waals surface area contributed by atoms with Crippen molar-refractivity contribution in [3.63, 3.8) is 0 Å². The standard InChI is InChI=1S/C11H19BrN4O2/c1-10(2,3)18-9(17)13-11(4,5)7-8(12)15-16(6)14-7/h1-6H3,(H,13,17). The Labute approximate surface area is 115 Å². The van der Waals surface area contributed by atoms with E-state index in [1.54, 1.807) is 7.05 Å². The highest BCUT2D eigenvalue weighted by atomic mass is 79.9. The van der Waals surface area contributed by atoms with Gasteiger partial charge in [-0.25, -0.2) is 4.79 Å². The molecule has 1 amide bonds. The van der Waals surface area contributed by atoms with Gasteiger partial charge in [0.05, 0.1) is 5.54 Å². The fraction of sp³-hybridized carbons (Fsp3) is 0.727. The van der Waals surface area contributed by atoms with E-state index in [2.05, 4.69) is 31.4 Å². The molecule has 1 aromatic rings. The molecule has 0 saturated carbocycles. The molecule has 1 heterocycles. The summed E-state index contributed by atoms with van der Waals surface area (Å²) in [6.45, 7) is 9.13. The zero-order valence-electron chi connectivity index (χ0n) is 11.5. The van der Waals surface area contributed by atoms with Crippen molar-refractivity contribution in [1.82, 2.24) is 20.3 Å². The summed E-state index contributed by atoms with van der Waals surface area (Å²) < 4.78 is 5.82. The van der Waals surface area contributed by atoms with E-state index in [1.165, 1.54) is 4.80 Å². The third-order valence-corrected chi connectivity index (χ3v) is 2.61. The molecule has 102 valence electrons. The number of halogens is 1. The van der Waals surface area contributed by atoms with Crippen LogP contribution < -0.4 is 5.32 Å². The summed E-state index contributed by atoms with van der Waals surface area (Å²) in [6.07, 6.45) is -0.481. The smallest absolute Gasteiger partial charge is 0.408 e. The van der Waals surface area contributed by atoms with Gasteiger partial charge in [0.15, 0.2) is 4.60 Å². The average molecular weight is 319 g/mol. The lowest BCUT2D eigenvalue weighted by molar-refractivity contribution is 0.0468. The molecule has 1 N–H and O–H groups in total. The lowest BCUT2D eigenvalue weighted by atomic mass is 10.0. The van der Waals surface area contributed by atoms with Gasteiger partial charge in [-0.3, -0.25) is 0 Å². The summed E-state index contributed by atoms with van der Waals surface area (Å²) in [5.41, 5.74) is -0.550. The average Bonchev–Trinajstić information content (AvgIpc) is 2.40. The van der Waals surface area contributed by atoms with Gasteiger partial charge in [0.1, 0.15) is 11.3 Å². The van der Waals surface area contributed by atoms with Crippen LogP contribution in [0.3, 0.4) is 0 Å². The van der Waals surface area contributed by atoms with E-state index in [9.17, 15) is 4.79 Å². The van der Waals surface area contributed by atoms with Crippen LogP contribution in [0, 0.1) is 0 Å². The SMILES string of the molecule is Cn1nc(Br)c(C(C)(C)NC(=O)OC(C)(C)C)n1. The molecule has 0 fully saturated rings. The minimum absolute atomic E-state index is 0.481. The van der Waals surface area contributed by atoms with Crippen LogP contribution in [0.15, 0.2) is 4.60 Å². The normalized spacial score (nSPS) is 12.4. The van der Waals surface area contributed by atoms with Crippen molar-refractivity contribution < 1.29 is 9.53 Å². The fourth-order valence-electron chi connectivity index (χ4n) is 1.38. The monoisotopic (exact) mass is 318 g/mol. The first-order chi connectivity index (χ1) is 8.01. The van der Waals surface area contributed by atoms with Gasteiger partial charge in [-0.15, -0.1) is 5.10 Å². The van der Waals surface area contributed by atoms with Gasteiger partial charge < -0.3 is 10.1 Å². The number of hydrogen-bond acceptors (Lipinski definition) is 4. The summed E-state index contributed by atoms with van der Waals surface area (Å²) in [7, 11) is 1.72. The van der Waals surface area contributed by atoms with E-state index >= 15 is 0 Å². The molecular formula is C11H19BrN4O2. The maximum atomic E-state index is 11.8. The molecule has 0 unspecified atom stereocenters. The minimum atomic E-state index is -0.671. The Balaban J connectivity index is 2.82. The topological polar surface area (TPSA) is 69.0 Å². The Morgan fingerprint density at radius 3 is 2.22 bits per heavy atom. The Morgan fingerprint density at radius 2 is 1.83 bits per heavy atom. The molecule has 0 aliphatic carbocycles. The summed E-state index contributed by atoms with van der Waals surface area (Å²) in [6, 6.07) is 0. The summed E-state index contributed by atoms with van der Waals surface area (Å²) in [4.78, 5) is 13.2. The van der Waals surface area contributed by atoms with Crippen molar-refractivity contribution in [3.8, 4) is 0 Å². The first-order valence-electron chi connectivity index (χ1n) is 5.60. The second kappa shape index (κ2) is 4.87. The van der Waals surface area contributed by atoms with Gasteiger partial charge in [-0.1, -0.05) is 0 Å². The van der Waals surface area contributed by atoms with Crippen molar-refractivity contribution in [2.45, 2.75) is 45.8 Å². The minimum Gasteiger partial charge on any atom is -0.444 e. The third-order valence-electron chi connectivity index (χ3n) is 2.08. The molecule has 0 aliphatic rings. The number of aromatic nitrogens is 3. The van der Waals surface area contributed by atoms with E-state index in [1.807, 2.05) is 34.6 Å². The maximum absolute atomic E-state index is 11.8. The summed E-state index contributed by atoms with van der Waals surface area (Å²) in [5.74, 6) is 0. The van der Waals surface area contributed by atoms with Crippen molar-refractivity contribution in [2.75, 3.05) is 0 Å². The predicted octanol–water partition coefficient (Wildman–Crippen LogP) is 2.34. The van der Waals surface area contributed by atoms with Crippen LogP contribution in [0.4, 0.5) is 4.79 Å². The molecule has 0 aliphatic heterocycles. The number of carbonyl (C=O) groups excluding carboxylic acids is 1. The fourth-order valence-corrected chi connectivity index (χ4v) is 2.19. The first-order valence-corrected chi connectivity index (χ1v) is 6.39. The third kappa shape index (κ3) is 3.97. The number of aryl methyl sites for hydroxylation is 1. The van der Waals surface area contributed by atoms with E-state index in [-0.39, 0.29) is 0 Å². The number of rotatable bonds is 2. The van der Waals surface area contributed by atoms with Crippen molar-refractivity contribution >= 4 is 22.0 Å². The largest absolute Gasteiger partial charge is 0.444 e. The van der Waals surface area contributed by atoms with Crippen LogP contribution in [0.5, 0.6) is 0 Å². The number of alkyl carbamates (subject to hydrolysis) is 1. The first kappa shape index (κ1) is 14.9. The highest BCUT2D eigenvalue weighted by Crippen LogP contribution is 2.24. The van der Waals surface area contributed by atoms with E-state index in [0.717, 1.165) is 0 Å². The van der Waals surface area contributed by atoms with Gasteiger partial charge in [-0.05, 0) is 50.5 Å².